The van der Waals surface area contributed by atoms with Gasteiger partial charge in [0.1, 0.15) is 5.75 Å². The SMILES string of the molecule is COc1ccc(CNc2nc(NC3CCCCC3O)nc3c2ncn3C(C)C)cc1. The van der Waals surface area contributed by atoms with Crippen molar-refractivity contribution in [3.05, 3.63) is 36.2 Å². The van der Waals surface area contributed by atoms with Gasteiger partial charge >= 0.3 is 0 Å². The average molecular weight is 411 g/mol. The lowest BCUT2D eigenvalue weighted by molar-refractivity contribution is 0.116. The van der Waals surface area contributed by atoms with E-state index >= 15 is 0 Å². The summed E-state index contributed by atoms with van der Waals surface area (Å²) >= 11 is 0. The van der Waals surface area contributed by atoms with E-state index in [0.717, 1.165) is 48.2 Å². The van der Waals surface area contributed by atoms with Gasteiger partial charge in [-0.3, -0.25) is 0 Å². The molecule has 0 saturated heterocycles. The van der Waals surface area contributed by atoms with Crippen molar-refractivity contribution in [2.75, 3.05) is 17.7 Å². The van der Waals surface area contributed by atoms with Crippen molar-refractivity contribution in [2.24, 2.45) is 0 Å². The standard InChI is InChI=1S/C22H30N6O2/c1-14(2)28-13-24-19-20(23-12-15-8-10-16(30-3)11-9-15)26-22(27-21(19)28)25-17-6-4-5-7-18(17)29/h8-11,13-14,17-18,29H,4-7,12H2,1-3H3,(H2,23,25,26,27). The number of fused-ring (bicyclic) bond motifs is 1. The summed E-state index contributed by atoms with van der Waals surface area (Å²) in [6, 6.07) is 8.13. The number of imidazole rings is 1. The van der Waals surface area contributed by atoms with E-state index < -0.39 is 0 Å². The Morgan fingerprint density at radius 1 is 1.17 bits per heavy atom. The summed E-state index contributed by atoms with van der Waals surface area (Å²) in [6.07, 6.45) is 5.33. The Morgan fingerprint density at radius 2 is 1.93 bits per heavy atom. The fourth-order valence-corrected chi connectivity index (χ4v) is 3.86. The van der Waals surface area contributed by atoms with Crippen molar-refractivity contribution in [1.29, 1.82) is 0 Å². The van der Waals surface area contributed by atoms with Gasteiger partial charge in [-0.05, 0) is 44.4 Å². The molecule has 1 saturated carbocycles. The highest BCUT2D eigenvalue weighted by molar-refractivity contribution is 5.84. The van der Waals surface area contributed by atoms with Gasteiger partial charge in [0.15, 0.2) is 17.0 Å². The third-order valence-corrected chi connectivity index (χ3v) is 5.64. The number of aliphatic hydroxyl groups is 1. The predicted octanol–water partition coefficient (Wildman–Crippen LogP) is 3.74. The van der Waals surface area contributed by atoms with Crippen LogP contribution >= 0.6 is 0 Å². The van der Waals surface area contributed by atoms with E-state index in [-0.39, 0.29) is 18.2 Å². The van der Waals surface area contributed by atoms with Crippen molar-refractivity contribution in [3.8, 4) is 5.75 Å². The van der Waals surface area contributed by atoms with Crippen LogP contribution < -0.4 is 15.4 Å². The van der Waals surface area contributed by atoms with Crippen LogP contribution in [0.5, 0.6) is 5.75 Å². The van der Waals surface area contributed by atoms with Gasteiger partial charge in [-0.1, -0.05) is 25.0 Å². The Morgan fingerprint density at radius 3 is 2.63 bits per heavy atom. The second-order valence-corrected chi connectivity index (χ2v) is 8.12. The van der Waals surface area contributed by atoms with Gasteiger partial charge in [0.25, 0.3) is 0 Å². The van der Waals surface area contributed by atoms with Crippen LogP contribution in [-0.4, -0.2) is 43.9 Å². The summed E-state index contributed by atoms with van der Waals surface area (Å²) in [6.45, 7) is 4.81. The first kappa shape index (κ1) is 20.4. The predicted molar refractivity (Wildman–Crippen MR) is 118 cm³/mol. The van der Waals surface area contributed by atoms with Gasteiger partial charge in [0.2, 0.25) is 5.95 Å². The highest BCUT2D eigenvalue weighted by Gasteiger charge is 2.24. The summed E-state index contributed by atoms with van der Waals surface area (Å²) < 4.78 is 7.27. The maximum absolute atomic E-state index is 10.3. The third-order valence-electron chi connectivity index (χ3n) is 5.64. The number of aliphatic hydroxyl groups excluding tert-OH is 1. The van der Waals surface area contributed by atoms with Gasteiger partial charge in [0, 0.05) is 12.6 Å². The van der Waals surface area contributed by atoms with Gasteiger partial charge in [-0.15, -0.1) is 0 Å². The number of benzene rings is 1. The molecule has 3 aromatic rings. The fraction of sp³-hybridized carbons (Fsp3) is 0.500. The van der Waals surface area contributed by atoms with Gasteiger partial charge in [-0.25, -0.2) is 4.98 Å². The Hall–Kier alpha value is -2.87. The molecule has 2 atom stereocenters. The van der Waals surface area contributed by atoms with Crippen molar-refractivity contribution in [3.63, 3.8) is 0 Å². The monoisotopic (exact) mass is 410 g/mol. The molecule has 8 nitrogen and oxygen atoms in total. The Kier molecular flexibility index (Phi) is 6.03. The van der Waals surface area contributed by atoms with Gasteiger partial charge in [0.05, 0.1) is 25.6 Å². The molecular weight excluding hydrogens is 380 g/mol. The molecule has 0 amide bonds. The first-order valence-corrected chi connectivity index (χ1v) is 10.6. The van der Waals surface area contributed by atoms with Crippen molar-refractivity contribution in [1.82, 2.24) is 19.5 Å². The van der Waals surface area contributed by atoms with Crippen molar-refractivity contribution >= 4 is 22.9 Å². The van der Waals surface area contributed by atoms with Crippen molar-refractivity contribution < 1.29 is 9.84 Å². The van der Waals surface area contributed by atoms with Crippen LogP contribution in [0.25, 0.3) is 11.2 Å². The molecule has 3 N–H and O–H groups in total. The molecule has 1 aromatic carbocycles. The van der Waals surface area contributed by atoms with E-state index in [0.29, 0.717) is 18.3 Å². The van der Waals surface area contributed by atoms with Crippen LogP contribution in [0.3, 0.4) is 0 Å². The number of methoxy groups -OCH3 is 1. The summed E-state index contributed by atoms with van der Waals surface area (Å²) in [5, 5.41) is 17.1. The number of aromatic nitrogens is 4. The first-order chi connectivity index (χ1) is 14.5. The summed E-state index contributed by atoms with van der Waals surface area (Å²) in [4.78, 5) is 14.0. The Labute approximate surface area is 176 Å². The smallest absolute Gasteiger partial charge is 0.227 e. The summed E-state index contributed by atoms with van der Waals surface area (Å²) in [5.41, 5.74) is 2.64. The van der Waals surface area contributed by atoms with Crippen LogP contribution in [0.4, 0.5) is 11.8 Å². The minimum Gasteiger partial charge on any atom is -0.497 e. The second-order valence-electron chi connectivity index (χ2n) is 8.12. The van der Waals surface area contributed by atoms with Crippen LogP contribution in [-0.2, 0) is 6.54 Å². The van der Waals surface area contributed by atoms with Crippen LogP contribution in [0.2, 0.25) is 0 Å². The topological polar surface area (TPSA) is 97.1 Å². The number of hydrogen-bond acceptors (Lipinski definition) is 7. The number of ether oxygens (including phenoxy) is 1. The lowest BCUT2D eigenvalue weighted by Gasteiger charge is -2.28. The molecule has 8 heteroatoms. The molecule has 30 heavy (non-hydrogen) atoms. The van der Waals surface area contributed by atoms with E-state index in [9.17, 15) is 5.11 Å². The number of nitrogens with one attached hydrogen (secondary N) is 2. The molecule has 0 spiro atoms. The zero-order valence-electron chi connectivity index (χ0n) is 17.8. The number of anilines is 2. The summed E-state index contributed by atoms with van der Waals surface area (Å²) in [5.74, 6) is 2.03. The molecule has 1 aliphatic rings. The quantitative estimate of drug-likeness (QED) is 0.546. The molecule has 4 rings (SSSR count). The van der Waals surface area contributed by atoms with E-state index in [1.54, 1.807) is 7.11 Å². The number of hydrogen-bond donors (Lipinski definition) is 3. The zero-order chi connectivity index (χ0) is 21.1. The molecular formula is C22H30N6O2. The Balaban J connectivity index is 1.62. The molecule has 160 valence electrons. The molecule has 2 aromatic heterocycles. The van der Waals surface area contributed by atoms with Crippen molar-refractivity contribution in [2.45, 2.75) is 64.3 Å². The van der Waals surface area contributed by atoms with E-state index in [4.69, 9.17) is 14.7 Å². The second kappa shape index (κ2) is 8.87. The third kappa shape index (κ3) is 4.33. The molecule has 2 unspecified atom stereocenters. The number of rotatable bonds is 7. The minimum atomic E-state index is -0.372. The van der Waals surface area contributed by atoms with Gasteiger partial charge < -0.3 is 25.0 Å². The average Bonchev–Trinajstić information content (AvgIpc) is 3.18. The number of nitrogens with zero attached hydrogens (tertiary/aromatic N) is 4. The van der Waals surface area contributed by atoms with E-state index in [1.165, 1.54) is 0 Å². The molecule has 0 bridgehead atoms. The maximum Gasteiger partial charge on any atom is 0.227 e. The first-order valence-electron chi connectivity index (χ1n) is 10.6. The normalized spacial score (nSPS) is 19.2. The molecule has 1 aliphatic carbocycles. The fourth-order valence-electron chi connectivity index (χ4n) is 3.86. The molecule has 0 radical (unpaired) electrons. The highest BCUT2D eigenvalue weighted by atomic mass is 16.5. The van der Waals surface area contributed by atoms with Crippen LogP contribution in [0, 0.1) is 0 Å². The molecule has 1 fully saturated rings. The maximum atomic E-state index is 10.3. The lowest BCUT2D eigenvalue weighted by Crippen LogP contribution is -2.36. The largest absolute Gasteiger partial charge is 0.497 e. The lowest BCUT2D eigenvalue weighted by atomic mass is 9.93. The molecule has 0 aliphatic heterocycles. The van der Waals surface area contributed by atoms with Crippen LogP contribution in [0.1, 0.15) is 51.1 Å². The van der Waals surface area contributed by atoms with Crippen LogP contribution in [0.15, 0.2) is 30.6 Å². The van der Waals surface area contributed by atoms with E-state index in [1.807, 2.05) is 35.2 Å². The van der Waals surface area contributed by atoms with E-state index in [2.05, 4.69) is 29.5 Å². The minimum absolute atomic E-state index is 0.0268. The van der Waals surface area contributed by atoms with Gasteiger partial charge in [-0.2, -0.15) is 9.97 Å². The Bertz CT molecular complexity index is 985. The highest BCUT2D eigenvalue weighted by Crippen LogP contribution is 2.26. The zero-order valence-corrected chi connectivity index (χ0v) is 17.8. The summed E-state index contributed by atoms with van der Waals surface area (Å²) in [7, 11) is 1.66. The molecule has 2 heterocycles.